The molecule has 0 saturated carbocycles. The van der Waals surface area contributed by atoms with Crippen LogP contribution in [0.3, 0.4) is 0 Å². The number of β-lactam (4-membered cyclic amide) rings is 1. The van der Waals surface area contributed by atoms with Crippen LogP contribution >= 0.6 is 11.8 Å². The van der Waals surface area contributed by atoms with Crippen molar-refractivity contribution in [3.05, 3.63) is 40.4 Å². The summed E-state index contributed by atoms with van der Waals surface area (Å²) < 4.78 is 0. The summed E-state index contributed by atoms with van der Waals surface area (Å²) in [7, 11) is 0. The lowest BCUT2D eigenvalue weighted by Gasteiger charge is -2.46. The van der Waals surface area contributed by atoms with Gasteiger partial charge in [0.1, 0.15) is 5.70 Å². The van der Waals surface area contributed by atoms with Gasteiger partial charge in [-0.2, -0.15) is 0 Å². The monoisotopic (exact) mass is 444 g/mol. The molecular formula is C23H28N2O5S. The summed E-state index contributed by atoms with van der Waals surface area (Å²) in [5.41, 5.74) is 0.535. The predicted octanol–water partition coefficient (Wildman–Crippen LogP) is 2.95. The van der Waals surface area contributed by atoms with Gasteiger partial charge >= 0.3 is 5.97 Å². The fourth-order valence-electron chi connectivity index (χ4n) is 4.95. The number of nitrogens with zero attached hydrogens (tertiary/aromatic N) is 2. The van der Waals surface area contributed by atoms with E-state index >= 15 is 0 Å². The molecule has 0 spiro atoms. The average Bonchev–Trinajstić information content (AvgIpc) is 2.90. The van der Waals surface area contributed by atoms with Crippen molar-refractivity contribution in [3.8, 4) is 0 Å². The normalized spacial score (nSPS) is 26.9. The van der Waals surface area contributed by atoms with Crippen LogP contribution in [0.25, 0.3) is 0 Å². The third-order valence-electron chi connectivity index (χ3n) is 6.54. The van der Waals surface area contributed by atoms with E-state index in [1.54, 1.807) is 13.0 Å². The highest BCUT2D eigenvalue weighted by atomic mass is 32.2. The standard InChI is InChI=1S/C23H28N2O5S/c1-13-18-17(14(2)26)22(28)25(18)19(23(29)30)20(13)31-16-10-6-5-9-15(16)21(27)24-11-7-3-4-8-12-24/h5-6,9-10,13-14,17-18,26H,3-4,7-8,11-12H2,1-2H3,(H,29,30)/t13?,14?,17?,18-/m0/s1. The van der Waals surface area contributed by atoms with Crippen molar-refractivity contribution in [3.63, 3.8) is 0 Å². The number of rotatable bonds is 5. The molecule has 1 aromatic rings. The van der Waals surface area contributed by atoms with Gasteiger partial charge in [-0.1, -0.05) is 43.7 Å². The number of aliphatic hydroxyl groups excluding tert-OH is 1. The van der Waals surface area contributed by atoms with Crippen molar-refractivity contribution in [1.29, 1.82) is 0 Å². The highest BCUT2D eigenvalue weighted by Gasteiger charge is 2.60. The number of benzene rings is 1. The zero-order chi connectivity index (χ0) is 22.3. The first-order valence-electron chi connectivity index (χ1n) is 10.9. The van der Waals surface area contributed by atoms with E-state index in [1.165, 1.54) is 16.7 Å². The summed E-state index contributed by atoms with van der Waals surface area (Å²) in [6.07, 6.45) is 3.40. The maximum Gasteiger partial charge on any atom is 0.353 e. The Balaban J connectivity index is 1.66. The van der Waals surface area contributed by atoms with E-state index in [1.807, 2.05) is 30.0 Å². The molecule has 166 valence electrons. The number of likely N-dealkylation sites (tertiary alicyclic amines) is 1. The van der Waals surface area contributed by atoms with Crippen LogP contribution in [0.2, 0.25) is 0 Å². The number of carboxylic acids is 1. The molecule has 3 aliphatic rings. The highest BCUT2D eigenvalue weighted by Crippen LogP contribution is 2.52. The van der Waals surface area contributed by atoms with Crippen molar-refractivity contribution >= 4 is 29.5 Å². The number of thioether (sulfide) groups is 1. The molecule has 7 nitrogen and oxygen atoms in total. The summed E-state index contributed by atoms with van der Waals surface area (Å²) in [6.45, 7) is 4.92. The van der Waals surface area contributed by atoms with Crippen molar-refractivity contribution < 1.29 is 24.6 Å². The Labute approximate surface area is 186 Å². The van der Waals surface area contributed by atoms with E-state index < -0.39 is 18.0 Å². The van der Waals surface area contributed by atoms with Gasteiger partial charge in [0.05, 0.1) is 23.6 Å². The van der Waals surface area contributed by atoms with Gasteiger partial charge in [-0.15, -0.1) is 0 Å². The molecule has 3 aliphatic heterocycles. The molecule has 2 N–H and O–H groups in total. The van der Waals surface area contributed by atoms with E-state index in [0.29, 0.717) is 15.4 Å². The van der Waals surface area contributed by atoms with E-state index in [0.717, 1.165) is 38.8 Å². The first-order chi connectivity index (χ1) is 14.8. The summed E-state index contributed by atoms with van der Waals surface area (Å²) >= 11 is 1.26. The molecule has 2 saturated heterocycles. The summed E-state index contributed by atoms with van der Waals surface area (Å²) in [5, 5.41) is 19.9. The van der Waals surface area contributed by atoms with Crippen molar-refractivity contribution in [2.75, 3.05) is 13.1 Å². The Morgan fingerprint density at radius 1 is 1.13 bits per heavy atom. The second kappa shape index (κ2) is 8.67. The third-order valence-corrected chi connectivity index (χ3v) is 7.90. The molecule has 0 aliphatic carbocycles. The molecule has 2 amide bonds. The molecule has 3 unspecified atom stereocenters. The number of aliphatic carboxylic acids is 1. The predicted molar refractivity (Wildman–Crippen MR) is 116 cm³/mol. The van der Waals surface area contributed by atoms with Crippen molar-refractivity contribution in [2.24, 2.45) is 11.8 Å². The van der Waals surface area contributed by atoms with Crippen LogP contribution in [0.4, 0.5) is 0 Å². The zero-order valence-electron chi connectivity index (χ0n) is 17.8. The minimum Gasteiger partial charge on any atom is -0.477 e. The Morgan fingerprint density at radius 3 is 2.39 bits per heavy atom. The van der Waals surface area contributed by atoms with Gasteiger partial charge in [-0.25, -0.2) is 4.79 Å². The lowest BCUT2D eigenvalue weighted by atomic mass is 9.79. The maximum absolute atomic E-state index is 13.3. The van der Waals surface area contributed by atoms with Crippen LogP contribution in [0.1, 0.15) is 49.9 Å². The number of hydrogen-bond acceptors (Lipinski definition) is 5. The largest absolute Gasteiger partial charge is 0.477 e. The fraction of sp³-hybridized carbons (Fsp3) is 0.522. The van der Waals surface area contributed by atoms with E-state index in [9.17, 15) is 24.6 Å². The molecule has 0 bridgehead atoms. The third kappa shape index (κ3) is 3.76. The molecule has 3 heterocycles. The first kappa shape index (κ1) is 21.9. The number of fused-ring (bicyclic) bond motifs is 1. The van der Waals surface area contributed by atoms with Gasteiger partial charge < -0.3 is 20.0 Å². The number of hydrogen-bond donors (Lipinski definition) is 2. The average molecular weight is 445 g/mol. The Morgan fingerprint density at radius 2 is 1.77 bits per heavy atom. The number of carbonyl (C=O) groups is 3. The lowest BCUT2D eigenvalue weighted by Crippen LogP contribution is -2.63. The van der Waals surface area contributed by atoms with E-state index in [2.05, 4.69) is 0 Å². The topological polar surface area (TPSA) is 98.1 Å². The van der Waals surface area contributed by atoms with Crippen molar-refractivity contribution in [1.82, 2.24) is 9.80 Å². The second-order valence-electron chi connectivity index (χ2n) is 8.58. The Hall–Kier alpha value is -2.32. The van der Waals surface area contributed by atoms with Crippen LogP contribution < -0.4 is 0 Å². The summed E-state index contributed by atoms with van der Waals surface area (Å²) in [5.74, 6) is -2.39. The SMILES string of the molecule is CC(O)C1C(=O)N2C(C(=O)O)=C(Sc3ccccc3C(=O)N3CCCCCC3)C(C)[C@@H]12. The van der Waals surface area contributed by atoms with Crippen molar-refractivity contribution in [2.45, 2.75) is 56.6 Å². The molecule has 0 aromatic heterocycles. The van der Waals surface area contributed by atoms with Gasteiger partial charge in [-0.05, 0) is 31.9 Å². The van der Waals surface area contributed by atoms with E-state index in [4.69, 9.17) is 0 Å². The van der Waals surface area contributed by atoms with Crippen LogP contribution in [-0.2, 0) is 9.59 Å². The van der Waals surface area contributed by atoms with Crippen LogP contribution in [0.5, 0.6) is 0 Å². The van der Waals surface area contributed by atoms with Gasteiger partial charge in [0.15, 0.2) is 0 Å². The zero-order valence-corrected chi connectivity index (χ0v) is 18.6. The molecule has 4 atom stereocenters. The number of carboxylic acid groups (broad SMARTS) is 1. The minimum absolute atomic E-state index is 0.0265. The number of aliphatic hydroxyl groups is 1. The van der Waals surface area contributed by atoms with Gasteiger partial charge in [0, 0.05) is 28.8 Å². The number of amides is 2. The second-order valence-corrected chi connectivity index (χ2v) is 9.66. The maximum atomic E-state index is 13.3. The number of carbonyl (C=O) groups excluding carboxylic acids is 2. The molecule has 0 radical (unpaired) electrons. The summed E-state index contributed by atoms with van der Waals surface area (Å²) in [6, 6.07) is 6.91. The molecule has 2 fully saturated rings. The molecular weight excluding hydrogens is 416 g/mol. The fourth-order valence-corrected chi connectivity index (χ4v) is 6.21. The lowest BCUT2D eigenvalue weighted by molar-refractivity contribution is -0.163. The first-order valence-corrected chi connectivity index (χ1v) is 11.7. The quantitative estimate of drug-likeness (QED) is 0.678. The Bertz CT molecular complexity index is 936. The van der Waals surface area contributed by atoms with E-state index in [-0.39, 0.29) is 29.5 Å². The molecule has 4 rings (SSSR count). The molecule has 8 heteroatoms. The smallest absolute Gasteiger partial charge is 0.353 e. The minimum atomic E-state index is -1.16. The van der Waals surface area contributed by atoms with Gasteiger partial charge in [-0.3, -0.25) is 9.59 Å². The van der Waals surface area contributed by atoms with Crippen LogP contribution in [0.15, 0.2) is 39.8 Å². The Kier molecular flexibility index (Phi) is 6.12. The summed E-state index contributed by atoms with van der Waals surface area (Å²) in [4.78, 5) is 42.3. The van der Waals surface area contributed by atoms with Gasteiger partial charge in [0.2, 0.25) is 5.91 Å². The highest BCUT2D eigenvalue weighted by molar-refractivity contribution is 8.03. The van der Waals surface area contributed by atoms with Gasteiger partial charge in [0.25, 0.3) is 5.91 Å². The molecule has 31 heavy (non-hydrogen) atoms. The molecule has 1 aromatic carbocycles. The van der Waals surface area contributed by atoms with Crippen LogP contribution in [-0.4, -0.2) is 63.0 Å². The van der Waals surface area contributed by atoms with Crippen LogP contribution in [0, 0.1) is 11.8 Å².